The van der Waals surface area contributed by atoms with E-state index in [4.69, 9.17) is 5.11 Å². The molecule has 0 atom stereocenters. The largest absolute Gasteiger partial charge is 0.481 e. The van der Waals surface area contributed by atoms with E-state index < -0.39 is 30.1 Å². The van der Waals surface area contributed by atoms with E-state index >= 15 is 0 Å². The second kappa shape index (κ2) is 5.08. The number of carbonyl (C=O) groups excluding carboxylic acids is 3. The lowest BCUT2D eigenvalue weighted by Crippen LogP contribution is -2.49. The molecule has 15 heavy (non-hydrogen) atoms. The number of aliphatic carboxylic acids is 1. The molecule has 0 spiro atoms. The molecule has 0 aliphatic carbocycles. The predicted octanol–water partition coefficient (Wildman–Crippen LogP) is -0.770. The molecule has 0 aromatic rings. The van der Waals surface area contributed by atoms with Crippen LogP contribution in [-0.2, 0) is 19.2 Å². The van der Waals surface area contributed by atoms with Gasteiger partial charge in [0.25, 0.3) is 5.91 Å². The number of imide groups is 1. The van der Waals surface area contributed by atoms with Crippen LogP contribution in [0.15, 0.2) is 0 Å². The number of amides is 3. The minimum Gasteiger partial charge on any atom is -0.481 e. The van der Waals surface area contributed by atoms with Gasteiger partial charge in [-0.15, -0.1) is 0 Å². The molecule has 0 saturated heterocycles. The van der Waals surface area contributed by atoms with Crippen LogP contribution in [-0.4, -0.2) is 45.9 Å². The molecule has 0 fully saturated rings. The van der Waals surface area contributed by atoms with Crippen LogP contribution in [0.25, 0.3) is 0 Å². The third-order valence-electron chi connectivity index (χ3n) is 1.56. The van der Waals surface area contributed by atoms with Gasteiger partial charge in [-0.3, -0.25) is 19.2 Å². The Hall–Kier alpha value is -1.92. The molecule has 0 rings (SSSR count). The number of hydrogen-bond donors (Lipinski definition) is 1. The Balaban J connectivity index is 4.71. The van der Waals surface area contributed by atoms with Gasteiger partial charge in [-0.2, -0.15) is 5.01 Å². The first kappa shape index (κ1) is 13.1. The summed E-state index contributed by atoms with van der Waals surface area (Å²) in [5.74, 6) is -3.46. The number of rotatable bonds is 2. The molecule has 0 aromatic heterocycles. The van der Waals surface area contributed by atoms with Crippen LogP contribution in [0, 0.1) is 0 Å². The molecule has 84 valence electrons. The van der Waals surface area contributed by atoms with Crippen LogP contribution >= 0.6 is 0 Å². The number of carbonyl (C=O) groups is 4. The SMILES string of the molecule is CC(=O)N(C(C)=O)N(C)C(=O)CC(=O)O. The van der Waals surface area contributed by atoms with Crippen molar-refractivity contribution in [3.8, 4) is 0 Å². The summed E-state index contributed by atoms with van der Waals surface area (Å²) in [6, 6.07) is 0. The number of carboxylic acid groups (broad SMARTS) is 1. The first-order valence-corrected chi connectivity index (χ1v) is 4.07. The van der Waals surface area contributed by atoms with Crippen LogP contribution in [0.2, 0.25) is 0 Å². The van der Waals surface area contributed by atoms with Crippen molar-refractivity contribution in [2.75, 3.05) is 7.05 Å². The molecule has 1 N–H and O–H groups in total. The van der Waals surface area contributed by atoms with Crippen LogP contribution < -0.4 is 0 Å². The maximum Gasteiger partial charge on any atom is 0.312 e. The van der Waals surface area contributed by atoms with E-state index in [1.54, 1.807) is 0 Å². The van der Waals surface area contributed by atoms with Gasteiger partial charge in [0.05, 0.1) is 0 Å². The fourth-order valence-corrected chi connectivity index (χ4v) is 1.000. The molecule has 0 aromatic carbocycles. The van der Waals surface area contributed by atoms with Crippen molar-refractivity contribution >= 4 is 23.7 Å². The van der Waals surface area contributed by atoms with Crippen LogP contribution in [0.3, 0.4) is 0 Å². The van der Waals surface area contributed by atoms with Crippen LogP contribution in [0.4, 0.5) is 0 Å². The fourth-order valence-electron chi connectivity index (χ4n) is 1.000. The maximum atomic E-state index is 11.2. The molecule has 0 saturated carbocycles. The van der Waals surface area contributed by atoms with Crippen molar-refractivity contribution in [3.05, 3.63) is 0 Å². The van der Waals surface area contributed by atoms with Crippen molar-refractivity contribution < 1.29 is 24.3 Å². The second-order valence-electron chi connectivity index (χ2n) is 2.84. The molecule has 0 heterocycles. The van der Waals surface area contributed by atoms with Gasteiger partial charge >= 0.3 is 5.97 Å². The highest BCUT2D eigenvalue weighted by molar-refractivity contribution is 5.98. The van der Waals surface area contributed by atoms with E-state index in [2.05, 4.69) is 0 Å². The highest BCUT2D eigenvalue weighted by atomic mass is 16.4. The zero-order chi connectivity index (χ0) is 12.2. The molecule has 0 radical (unpaired) electrons. The highest BCUT2D eigenvalue weighted by Gasteiger charge is 2.24. The topological polar surface area (TPSA) is 95.0 Å². The molecular formula is C8H12N2O5. The Morgan fingerprint density at radius 2 is 1.47 bits per heavy atom. The van der Waals surface area contributed by atoms with E-state index in [9.17, 15) is 19.2 Å². The van der Waals surface area contributed by atoms with Gasteiger partial charge in [-0.25, -0.2) is 5.01 Å². The van der Waals surface area contributed by atoms with E-state index in [0.29, 0.717) is 10.0 Å². The lowest BCUT2D eigenvalue weighted by molar-refractivity contribution is -0.170. The van der Waals surface area contributed by atoms with E-state index in [1.165, 1.54) is 0 Å². The molecule has 0 aliphatic heterocycles. The van der Waals surface area contributed by atoms with E-state index in [-0.39, 0.29) is 0 Å². The van der Waals surface area contributed by atoms with Crippen molar-refractivity contribution in [3.63, 3.8) is 0 Å². The van der Waals surface area contributed by atoms with Gasteiger partial charge in [0, 0.05) is 20.9 Å². The van der Waals surface area contributed by atoms with Crippen LogP contribution in [0.5, 0.6) is 0 Å². The van der Waals surface area contributed by atoms with Crippen LogP contribution in [0.1, 0.15) is 20.3 Å². The third-order valence-corrected chi connectivity index (χ3v) is 1.56. The lowest BCUT2D eigenvalue weighted by Gasteiger charge is -2.27. The average Bonchev–Trinajstić information content (AvgIpc) is 2.00. The maximum absolute atomic E-state index is 11.2. The zero-order valence-corrected chi connectivity index (χ0v) is 8.68. The second-order valence-corrected chi connectivity index (χ2v) is 2.84. The van der Waals surface area contributed by atoms with Gasteiger partial charge in [0.1, 0.15) is 6.42 Å². The number of hydrazine groups is 1. The third kappa shape index (κ3) is 3.75. The van der Waals surface area contributed by atoms with Crippen molar-refractivity contribution in [2.24, 2.45) is 0 Å². The minimum absolute atomic E-state index is 0.575. The number of hydrogen-bond acceptors (Lipinski definition) is 4. The number of nitrogens with zero attached hydrogens (tertiary/aromatic N) is 2. The first-order chi connectivity index (χ1) is 6.77. The van der Waals surface area contributed by atoms with Crippen molar-refractivity contribution in [1.82, 2.24) is 10.0 Å². The van der Waals surface area contributed by atoms with Gasteiger partial charge in [0.2, 0.25) is 11.8 Å². The lowest BCUT2D eigenvalue weighted by atomic mass is 10.4. The summed E-state index contributed by atoms with van der Waals surface area (Å²) in [5, 5.41) is 9.62. The van der Waals surface area contributed by atoms with Crippen molar-refractivity contribution in [2.45, 2.75) is 20.3 Å². The van der Waals surface area contributed by atoms with Gasteiger partial charge in [-0.1, -0.05) is 0 Å². The standard InChI is InChI=1S/C8H12N2O5/c1-5(11)10(6(2)12)9(3)7(13)4-8(14)15/h4H2,1-3H3,(H,14,15). The summed E-state index contributed by atoms with van der Waals surface area (Å²) in [6.07, 6.45) is -0.770. The molecule has 0 unspecified atom stereocenters. The Morgan fingerprint density at radius 1 is 1.07 bits per heavy atom. The van der Waals surface area contributed by atoms with E-state index in [0.717, 1.165) is 20.9 Å². The summed E-state index contributed by atoms with van der Waals surface area (Å²) < 4.78 is 0. The zero-order valence-electron chi connectivity index (χ0n) is 8.68. The van der Waals surface area contributed by atoms with Crippen molar-refractivity contribution in [1.29, 1.82) is 0 Å². The minimum atomic E-state index is -1.32. The first-order valence-electron chi connectivity index (χ1n) is 4.07. The number of carboxylic acids is 1. The monoisotopic (exact) mass is 216 g/mol. The van der Waals surface area contributed by atoms with E-state index in [1.807, 2.05) is 0 Å². The quantitative estimate of drug-likeness (QED) is 0.483. The summed E-state index contributed by atoms with van der Waals surface area (Å²) in [5.41, 5.74) is 0. The van der Waals surface area contributed by atoms with Gasteiger partial charge in [0.15, 0.2) is 0 Å². The summed E-state index contributed by atoms with van der Waals surface area (Å²) in [6.45, 7) is 2.21. The summed E-state index contributed by atoms with van der Waals surface area (Å²) in [7, 11) is 1.16. The molecule has 0 aliphatic rings. The fraction of sp³-hybridized carbons (Fsp3) is 0.500. The Bertz CT molecular complexity index is 298. The Kier molecular flexibility index (Phi) is 4.43. The predicted molar refractivity (Wildman–Crippen MR) is 48.2 cm³/mol. The molecule has 7 heteroatoms. The Morgan fingerprint density at radius 3 is 1.73 bits per heavy atom. The molecule has 0 bridgehead atoms. The smallest absolute Gasteiger partial charge is 0.312 e. The molecule has 3 amide bonds. The Labute approximate surface area is 86.2 Å². The average molecular weight is 216 g/mol. The molecular weight excluding hydrogens is 204 g/mol. The van der Waals surface area contributed by atoms with Gasteiger partial charge in [-0.05, 0) is 0 Å². The summed E-state index contributed by atoms with van der Waals surface area (Å²) in [4.78, 5) is 43.4. The van der Waals surface area contributed by atoms with Gasteiger partial charge < -0.3 is 5.11 Å². The molecule has 7 nitrogen and oxygen atoms in total. The highest BCUT2D eigenvalue weighted by Crippen LogP contribution is 2.00. The summed E-state index contributed by atoms with van der Waals surface area (Å²) >= 11 is 0. The normalized spacial score (nSPS) is 9.27.